The molecule has 0 bridgehead atoms. The van der Waals surface area contributed by atoms with Crippen LogP contribution in [0.15, 0.2) is 0 Å². The Hall–Kier alpha value is 0.884. The molecule has 0 radical (unpaired) electrons. The van der Waals surface area contributed by atoms with E-state index in [1.165, 1.54) is 0 Å². The van der Waals surface area contributed by atoms with Crippen LogP contribution in [0.2, 0.25) is 98.2 Å². The van der Waals surface area contributed by atoms with Gasteiger partial charge in [0.15, 0.2) is 41.6 Å². The van der Waals surface area contributed by atoms with Gasteiger partial charge in [0.2, 0.25) is 0 Å². The summed E-state index contributed by atoms with van der Waals surface area (Å²) in [6.45, 7) is 34.8. The molecule has 0 N–H and O–H groups in total. The highest BCUT2D eigenvalue weighted by Crippen LogP contribution is 2.25. The van der Waals surface area contributed by atoms with Gasteiger partial charge in [-0.25, -0.2) is 0 Å². The van der Waals surface area contributed by atoms with Gasteiger partial charge in [-0.05, 0) is 98.2 Å². The molecule has 0 heterocycles. The van der Waals surface area contributed by atoms with Crippen LogP contribution in [0, 0.1) is 0 Å². The van der Waals surface area contributed by atoms with E-state index in [4.69, 9.17) is 22.1 Å². The predicted molar refractivity (Wildman–Crippen MR) is 148 cm³/mol. The second-order valence-corrected chi connectivity index (χ2v) is 35.9. The zero-order valence-corrected chi connectivity index (χ0v) is 28.4. The van der Waals surface area contributed by atoms with Crippen LogP contribution in [0.1, 0.15) is 6.42 Å². The zero-order valence-electron chi connectivity index (χ0n) is 23.4. The molecule has 0 saturated heterocycles. The maximum atomic E-state index is 6.75. The summed E-state index contributed by atoms with van der Waals surface area (Å²) in [7, 11) is -8.64. The molecule has 0 saturated carbocycles. The first-order chi connectivity index (χ1) is 13.5. The standard InChI is InChI=1S/C21H54O5Si5/c1-27(2,3)22-17-19(24-29(7,8)9)16-20(25-30(10,11)12)21(26-31(13,14)15)18-23-28(4,5)6/h19-21H,16-18H2,1-15H3/t19-,20+,21-/m1/s1. The highest BCUT2D eigenvalue weighted by atomic mass is 28.4. The van der Waals surface area contributed by atoms with Crippen molar-refractivity contribution in [2.75, 3.05) is 13.2 Å². The topological polar surface area (TPSA) is 46.2 Å². The average molecular weight is 527 g/mol. The minimum atomic E-state index is -1.80. The van der Waals surface area contributed by atoms with Crippen molar-refractivity contribution < 1.29 is 22.1 Å². The Kier molecular flexibility index (Phi) is 12.4. The fourth-order valence-corrected chi connectivity index (χ4v) is 7.78. The Bertz CT molecular complexity index is 513. The van der Waals surface area contributed by atoms with Gasteiger partial charge in [-0.2, -0.15) is 0 Å². The van der Waals surface area contributed by atoms with Crippen LogP contribution in [0.25, 0.3) is 0 Å². The molecule has 0 amide bonds. The molecule has 0 aromatic heterocycles. The average Bonchev–Trinajstić information content (AvgIpc) is 2.42. The van der Waals surface area contributed by atoms with E-state index >= 15 is 0 Å². The van der Waals surface area contributed by atoms with Crippen LogP contribution in [0.3, 0.4) is 0 Å². The molecular formula is C21H54O5Si5. The lowest BCUT2D eigenvalue weighted by atomic mass is 10.1. The Morgan fingerprint density at radius 1 is 0.419 bits per heavy atom. The van der Waals surface area contributed by atoms with Crippen molar-refractivity contribution in [2.24, 2.45) is 0 Å². The lowest BCUT2D eigenvalue weighted by molar-refractivity contribution is -0.0185. The molecule has 31 heavy (non-hydrogen) atoms. The smallest absolute Gasteiger partial charge is 0.184 e. The van der Waals surface area contributed by atoms with Gasteiger partial charge in [-0.15, -0.1) is 0 Å². The summed E-state index contributed by atoms with van der Waals surface area (Å²) in [5.41, 5.74) is 0. The van der Waals surface area contributed by atoms with E-state index in [-0.39, 0.29) is 18.3 Å². The zero-order chi connectivity index (χ0) is 24.9. The van der Waals surface area contributed by atoms with Crippen molar-refractivity contribution in [1.82, 2.24) is 0 Å². The SMILES string of the molecule is C[Si](C)(C)OC[C@@H](C[C@H](O[Si](C)(C)C)[C@@H](CO[Si](C)(C)C)O[Si](C)(C)C)O[Si](C)(C)C. The van der Waals surface area contributed by atoms with Crippen LogP contribution in [0.5, 0.6) is 0 Å². The van der Waals surface area contributed by atoms with Gasteiger partial charge in [0, 0.05) is 6.42 Å². The summed E-state index contributed by atoms with van der Waals surface area (Å²) < 4.78 is 32.7. The Morgan fingerprint density at radius 2 is 0.774 bits per heavy atom. The van der Waals surface area contributed by atoms with Crippen molar-refractivity contribution in [2.45, 2.75) is 123 Å². The van der Waals surface area contributed by atoms with Crippen molar-refractivity contribution >= 4 is 41.6 Å². The fourth-order valence-electron chi connectivity index (χ4n) is 2.99. The summed E-state index contributed by atoms with van der Waals surface area (Å²) in [4.78, 5) is 0. The van der Waals surface area contributed by atoms with E-state index in [2.05, 4.69) is 98.2 Å². The summed E-state index contributed by atoms with van der Waals surface area (Å²) in [6.07, 6.45) is 0.661. The van der Waals surface area contributed by atoms with E-state index in [1.54, 1.807) is 0 Å². The minimum absolute atomic E-state index is 0.0133. The third kappa shape index (κ3) is 20.0. The Morgan fingerprint density at radius 3 is 1.13 bits per heavy atom. The van der Waals surface area contributed by atoms with Crippen molar-refractivity contribution in [3.05, 3.63) is 0 Å². The summed E-state index contributed by atoms with van der Waals surface area (Å²) in [5.74, 6) is 0. The normalized spacial score (nSPS) is 17.5. The molecular weight excluding hydrogens is 473 g/mol. The summed E-state index contributed by atoms with van der Waals surface area (Å²) in [6, 6.07) is 0. The Balaban J connectivity index is 5.83. The molecule has 5 nitrogen and oxygen atoms in total. The lowest BCUT2D eigenvalue weighted by Crippen LogP contribution is -2.50. The molecule has 0 aliphatic rings. The molecule has 0 aliphatic heterocycles. The van der Waals surface area contributed by atoms with Gasteiger partial charge in [-0.3, -0.25) is 0 Å². The van der Waals surface area contributed by atoms with Gasteiger partial charge < -0.3 is 22.1 Å². The lowest BCUT2D eigenvalue weighted by Gasteiger charge is -2.39. The van der Waals surface area contributed by atoms with E-state index < -0.39 is 41.6 Å². The third-order valence-electron chi connectivity index (χ3n) is 3.82. The summed E-state index contributed by atoms with van der Waals surface area (Å²) >= 11 is 0. The first kappa shape index (κ1) is 31.9. The number of hydrogen-bond donors (Lipinski definition) is 0. The first-order valence-electron chi connectivity index (χ1n) is 11.8. The van der Waals surface area contributed by atoms with Crippen LogP contribution in [-0.4, -0.2) is 73.1 Å². The van der Waals surface area contributed by atoms with Gasteiger partial charge in [0.05, 0.1) is 31.5 Å². The van der Waals surface area contributed by atoms with E-state index in [0.717, 1.165) is 6.42 Å². The predicted octanol–water partition coefficient (Wildman–Crippen LogP) is 6.74. The maximum Gasteiger partial charge on any atom is 0.184 e. The molecule has 0 rings (SSSR count). The van der Waals surface area contributed by atoms with Crippen LogP contribution in [0.4, 0.5) is 0 Å². The second kappa shape index (κ2) is 12.0. The third-order valence-corrected chi connectivity index (χ3v) is 8.95. The van der Waals surface area contributed by atoms with Crippen molar-refractivity contribution in [3.63, 3.8) is 0 Å². The molecule has 3 atom stereocenters. The fraction of sp³-hybridized carbons (Fsp3) is 1.00. The van der Waals surface area contributed by atoms with Crippen molar-refractivity contribution in [1.29, 1.82) is 0 Å². The van der Waals surface area contributed by atoms with Gasteiger partial charge >= 0.3 is 0 Å². The van der Waals surface area contributed by atoms with Gasteiger partial charge in [0.25, 0.3) is 0 Å². The number of hydrogen-bond acceptors (Lipinski definition) is 5. The maximum absolute atomic E-state index is 6.75. The van der Waals surface area contributed by atoms with E-state index in [1.807, 2.05) is 0 Å². The van der Waals surface area contributed by atoms with E-state index in [0.29, 0.717) is 13.2 Å². The molecule has 0 fully saturated rings. The first-order valence-corrected chi connectivity index (χ1v) is 28.8. The van der Waals surface area contributed by atoms with Gasteiger partial charge in [0.1, 0.15) is 0 Å². The molecule has 0 unspecified atom stereocenters. The monoisotopic (exact) mass is 526 g/mol. The molecule has 0 aliphatic carbocycles. The quantitative estimate of drug-likeness (QED) is 0.221. The van der Waals surface area contributed by atoms with Crippen LogP contribution in [-0.2, 0) is 22.1 Å². The molecule has 0 aromatic carbocycles. The molecule has 0 spiro atoms. The highest BCUT2D eigenvalue weighted by Gasteiger charge is 2.36. The molecule has 0 aromatic rings. The van der Waals surface area contributed by atoms with Crippen molar-refractivity contribution in [3.8, 4) is 0 Å². The Labute approximate surface area is 199 Å². The minimum Gasteiger partial charge on any atom is -0.415 e. The highest BCUT2D eigenvalue weighted by molar-refractivity contribution is 6.71. The molecule has 10 heteroatoms. The van der Waals surface area contributed by atoms with Crippen LogP contribution < -0.4 is 0 Å². The van der Waals surface area contributed by atoms with Gasteiger partial charge in [-0.1, -0.05) is 0 Å². The molecule has 188 valence electrons. The largest absolute Gasteiger partial charge is 0.415 e. The summed E-state index contributed by atoms with van der Waals surface area (Å²) in [5, 5.41) is 0. The van der Waals surface area contributed by atoms with Crippen LogP contribution >= 0.6 is 0 Å². The second-order valence-electron chi connectivity index (χ2n) is 13.5. The van der Waals surface area contributed by atoms with E-state index in [9.17, 15) is 0 Å². The number of rotatable bonds is 15.